The highest BCUT2D eigenvalue weighted by Crippen LogP contribution is 2.31. The second kappa shape index (κ2) is 10.1. The first-order chi connectivity index (χ1) is 15.4. The van der Waals surface area contributed by atoms with E-state index < -0.39 is 5.25 Å². The van der Waals surface area contributed by atoms with E-state index in [0.717, 1.165) is 30.3 Å². The van der Waals surface area contributed by atoms with Crippen molar-refractivity contribution in [2.75, 3.05) is 36.5 Å². The molecule has 1 N–H and O–H groups in total. The Balaban J connectivity index is 1.58. The molecule has 1 aliphatic rings. The summed E-state index contributed by atoms with van der Waals surface area (Å²) in [6.45, 7) is 6.63. The van der Waals surface area contributed by atoms with Crippen molar-refractivity contribution in [2.24, 2.45) is 0 Å². The zero-order chi connectivity index (χ0) is 22.7. The highest BCUT2D eigenvalue weighted by atomic mass is 35.5. The van der Waals surface area contributed by atoms with Gasteiger partial charge in [-0.05, 0) is 44.2 Å². The lowest BCUT2D eigenvalue weighted by molar-refractivity contribution is -0.115. The van der Waals surface area contributed by atoms with E-state index in [0.29, 0.717) is 34.1 Å². The van der Waals surface area contributed by atoms with Gasteiger partial charge in [0.05, 0.1) is 34.9 Å². The van der Waals surface area contributed by atoms with Gasteiger partial charge in [-0.1, -0.05) is 52.7 Å². The lowest BCUT2D eigenvalue weighted by Gasteiger charge is -2.28. The Labute approximate surface area is 201 Å². The van der Waals surface area contributed by atoms with Gasteiger partial charge in [-0.2, -0.15) is 0 Å². The molecule has 0 radical (unpaired) electrons. The normalized spacial score (nSPS) is 14.9. The predicted octanol–water partition coefficient (Wildman–Crippen LogP) is 4.84. The summed E-state index contributed by atoms with van der Waals surface area (Å²) in [5.74, 6) is 0.554. The second-order valence-corrected chi connectivity index (χ2v) is 9.58. The Kier molecular flexibility index (Phi) is 7.25. The molecule has 0 bridgehead atoms. The fourth-order valence-corrected chi connectivity index (χ4v) is 4.58. The average molecular weight is 492 g/mol. The Bertz CT molecular complexity index is 1100. The number of nitrogens with one attached hydrogen (secondary N) is 1. The zero-order valence-corrected chi connectivity index (χ0v) is 20.0. The summed E-state index contributed by atoms with van der Waals surface area (Å²) in [5.41, 5.74) is 2.62. The number of carbonyl (C=O) groups excluding carboxylic acids is 1. The first-order valence-corrected chi connectivity index (χ1v) is 11.8. The number of hydrogen-bond donors (Lipinski definition) is 1. The lowest BCUT2D eigenvalue weighted by Crippen LogP contribution is -2.38. The van der Waals surface area contributed by atoms with Crippen LogP contribution in [0, 0.1) is 6.92 Å². The van der Waals surface area contributed by atoms with Crippen LogP contribution in [0.15, 0.2) is 47.6 Å². The molecule has 1 fully saturated rings. The second-order valence-electron chi connectivity index (χ2n) is 7.43. The number of amides is 1. The number of ether oxygens (including phenoxy) is 1. The van der Waals surface area contributed by atoms with Crippen LogP contribution in [0.3, 0.4) is 0 Å². The minimum atomic E-state index is -0.437. The highest BCUT2D eigenvalue weighted by Gasteiger charge is 2.25. The number of thioether (sulfide) groups is 1. The van der Waals surface area contributed by atoms with Crippen LogP contribution in [0.4, 0.5) is 11.6 Å². The molecular weight excluding hydrogens is 469 g/mol. The minimum absolute atomic E-state index is 0.189. The third-order valence-electron chi connectivity index (χ3n) is 5.04. The molecule has 32 heavy (non-hydrogen) atoms. The smallest absolute Gasteiger partial charge is 0.237 e. The molecule has 10 heteroatoms. The van der Waals surface area contributed by atoms with E-state index in [2.05, 4.69) is 20.4 Å². The van der Waals surface area contributed by atoms with E-state index in [-0.39, 0.29) is 5.91 Å². The van der Waals surface area contributed by atoms with Gasteiger partial charge in [0.15, 0.2) is 5.16 Å². The van der Waals surface area contributed by atoms with Crippen molar-refractivity contribution in [1.29, 1.82) is 0 Å². The molecule has 1 saturated heterocycles. The number of nitrogens with zero attached hydrogens (tertiary/aromatic N) is 4. The van der Waals surface area contributed by atoms with Crippen LogP contribution in [-0.4, -0.2) is 52.2 Å². The van der Waals surface area contributed by atoms with Gasteiger partial charge in [-0.15, -0.1) is 10.2 Å². The molecule has 168 valence electrons. The van der Waals surface area contributed by atoms with E-state index in [1.54, 1.807) is 18.2 Å². The van der Waals surface area contributed by atoms with Crippen LogP contribution in [0.2, 0.25) is 10.0 Å². The van der Waals surface area contributed by atoms with Crippen molar-refractivity contribution < 1.29 is 9.53 Å². The fourth-order valence-electron chi connectivity index (χ4n) is 3.26. The number of aromatic nitrogens is 3. The van der Waals surface area contributed by atoms with Gasteiger partial charge < -0.3 is 15.0 Å². The molecular formula is C22H23Cl2N5O2S. The van der Waals surface area contributed by atoms with Gasteiger partial charge in [-0.25, -0.2) is 0 Å². The monoisotopic (exact) mass is 491 g/mol. The van der Waals surface area contributed by atoms with Crippen LogP contribution in [0.1, 0.15) is 12.5 Å². The Morgan fingerprint density at radius 3 is 2.53 bits per heavy atom. The summed E-state index contributed by atoms with van der Waals surface area (Å²) < 4.78 is 7.48. The molecule has 1 aliphatic heterocycles. The first-order valence-electron chi connectivity index (χ1n) is 10.2. The maximum Gasteiger partial charge on any atom is 0.237 e. The van der Waals surface area contributed by atoms with Gasteiger partial charge in [0.1, 0.15) is 0 Å². The largest absolute Gasteiger partial charge is 0.378 e. The molecule has 3 aromatic rings. The third-order valence-corrected chi connectivity index (χ3v) is 6.63. The summed E-state index contributed by atoms with van der Waals surface area (Å²) in [5, 5.41) is 12.8. The van der Waals surface area contributed by atoms with Crippen molar-refractivity contribution in [3.05, 3.63) is 58.1 Å². The van der Waals surface area contributed by atoms with Crippen LogP contribution in [0.5, 0.6) is 0 Å². The fraction of sp³-hybridized carbons (Fsp3) is 0.318. The first kappa shape index (κ1) is 22.9. The van der Waals surface area contributed by atoms with E-state index in [4.69, 9.17) is 27.9 Å². The molecule has 2 heterocycles. The van der Waals surface area contributed by atoms with Crippen LogP contribution < -0.4 is 10.2 Å². The third kappa shape index (κ3) is 5.20. The maximum absolute atomic E-state index is 12.8. The lowest BCUT2D eigenvalue weighted by atomic mass is 10.2. The van der Waals surface area contributed by atoms with Gasteiger partial charge >= 0.3 is 0 Å². The molecule has 0 spiro atoms. The summed E-state index contributed by atoms with van der Waals surface area (Å²) >= 11 is 13.5. The number of anilines is 2. The number of hydrogen-bond acceptors (Lipinski definition) is 6. The van der Waals surface area contributed by atoms with E-state index in [1.165, 1.54) is 11.8 Å². The standard InChI is InChI=1S/C22H23Cl2N5O2S/c1-14-3-6-17(7-4-14)29-21(28-9-11-31-12-10-28)26-27-22(29)32-15(2)20(30)25-19-8-5-16(23)13-18(19)24/h3-8,13,15H,9-12H2,1-2H3,(H,25,30). The van der Waals surface area contributed by atoms with Gasteiger partial charge in [0.2, 0.25) is 11.9 Å². The number of morpholine rings is 1. The number of aryl methyl sites for hydroxylation is 1. The average Bonchev–Trinajstić information content (AvgIpc) is 3.20. The van der Waals surface area contributed by atoms with Gasteiger partial charge in [0.25, 0.3) is 0 Å². The molecule has 1 amide bonds. The predicted molar refractivity (Wildman–Crippen MR) is 130 cm³/mol. The van der Waals surface area contributed by atoms with Crippen molar-refractivity contribution >= 4 is 52.5 Å². The van der Waals surface area contributed by atoms with Crippen LogP contribution >= 0.6 is 35.0 Å². The topological polar surface area (TPSA) is 72.3 Å². The molecule has 2 aromatic carbocycles. The summed E-state index contributed by atoms with van der Waals surface area (Å²) in [6, 6.07) is 13.1. The Morgan fingerprint density at radius 2 is 1.84 bits per heavy atom. The van der Waals surface area contributed by atoms with Crippen molar-refractivity contribution in [3.63, 3.8) is 0 Å². The maximum atomic E-state index is 12.8. The molecule has 1 atom stereocenters. The van der Waals surface area contributed by atoms with Crippen LogP contribution in [-0.2, 0) is 9.53 Å². The highest BCUT2D eigenvalue weighted by molar-refractivity contribution is 8.00. The van der Waals surface area contributed by atoms with Crippen molar-refractivity contribution in [2.45, 2.75) is 24.3 Å². The van der Waals surface area contributed by atoms with Gasteiger partial charge in [-0.3, -0.25) is 9.36 Å². The molecule has 0 saturated carbocycles. The number of carbonyl (C=O) groups is 1. The molecule has 0 aliphatic carbocycles. The SMILES string of the molecule is Cc1ccc(-n2c(SC(C)C(=O)Nc3ccc(Cl)cc3Cl)nnc2N2CCOCC2)cc1. The number of benzene rings is 2. The molecule has 7 nitrogen and oxygen atoms in total. The van der Waals surface area contributed by atoms with E-state index in [9.17, 15) is 4.79 Å². The summed E-state index contributed by atoms with van der Waals surface area (Å²) in [7, 11) is 0. The number of halogens is 2. The van der Waals surface area contributed by atoms with Crippen molar-refractivity contribution in [1.82, 2.24) is 14.8 Å². The zero-order valence-electron chi connectivity index (χ0n) is 17.7. The van der Waals surface area contributed by atoms with Gasteiger partial charge in [0, 0.05) is 18.1 Å². The molecule has 1 aromatic heterocycles. The Morgan fingerprint density at radius 1 is 1.12 bits per heavy atom. The Hall–Kier alpha value is -2.26. The minimum Gasteiger partial charge on any atom is -0.378 e. The van der Waals surface area contributed by atoms with E-state index >= 15 is 0 Å². The summed E-state index contributed by atoms with van der Waals surface area (Å²) in [4.78, 5) is 15.0. The summed E-state index contributed by atoms with van der Waals surface area (Å²) in [6.07, 6.45) is 0. The number of rotatable bonds is 6. The van der Waals surface area contributed by atoms with E-state index in [1.807, 2.05) is 42.7 Å². The molecule has 4 rings (SSSR count). The quantitative estimate of drug-likeness (QED) is 0.497. The van der Waals surface area contributed by atoms with Crippen molar-refractivity contribution in [3.8, 4) is 5.69 Å². The van der Waals surface area contributed by atoms with Crippen LogP contribution in [0.25, 0.3) is 5.69 Å². The molecule has 1 unspecified atom stereocenters.